The molecular weight excluding hydrogens is 432 g/mol. The van der Waals surface area contributed by atoms with Gasteiger partial charge in [-0.2, -0.15) is 0 Å². The molecule has 2 aliphatic rings. The molecule has 9 heteroatoms. The number of hydrogen-bond acceptors (Lipinski definition) is 5. The highest BCUT2D eigenvalue weighted by Gasteiger charge is 2.35. The first-order valence-corrected chi connectivity index (χ1v) is 10.6. The lowest BCUT2D eigenvalue weighted by Gasteiger charge is -2.29. The summed E-state index contributed by atoms with van der Waals surface area (Å²) in [5, 5.41) is 5.74. The second-order valence-electron chi connectivity index (χ2n) is 7.57. The highest BCUT2D eigenvalue weighted by Crippen LogP contribution is 2.23. The van der Waals surface area contributed by atoms with Gasteiger partial charge in [0.15, 0.2) is 0 Å². The molecule has 8 nitrogen and oxygen atoms in total. The Balaban J connectivity index is 1.43. The molecule has 0 bridgehead atoms. The highest BCUT2D eigenvalue weighted by atomic mass is 35.5. The van der Waals surface area contributed by atoms with Gasteiger partial charge in [0, 0.05) is 29.5 Å². The van der Waals surface area contributed by atoms with Crippen LogP contribution in [0.2, 0.25) is 5.02 Å². The minimum absolute atomic E-state index is 0.136. The molecule has 0 aliphatic carbocycles. The normalized spacial score (nSPS) is 17.6. The quantitative estimate of drug-likeness (QED) is 0.535. The lowest BCUT2D eigenvalue weighted by molar-refractivity contribution is -0.127. The molecule has 166 valence electrons. The van der Waals surface area contributed by atoms with Crippen LogP contribution in [0.15, 0.2) is 48.2 Å². The zero-order chi connectivity index (χ0) is 22.7. The topological polar surface area (TPSA) is 91.0 Å². The third-order valence-corrected chi connectivity index (χ3v) is 5.57. The first-order chi connectivity index (χ1) is 15.4. The monoisotopic (exact) mass is 454 g/mol. The Labute approximate surface area is 190 Å². The number of morpholine rings is 1. The summed E-state index contributed by atoms with van der Waals surface area (Å²) in [5.74, 6) is -1.03. The lowest BCUT2D eigenvalue weighted by atomic mass is 10.1. The van der Waals surface area contributed by atoms with E-state index in [1.807, 2.05) is 19.1 Å². The molecule has 2 saturated heterocycles. The molecule has 32 heavy (non-hydrogen) atoms. The van der Waals surface area contributed by atoms with Crippen LogP contribution in [0.4, 0.5) is 16.2 Å². The summed E-state index contributed by atoms with van der Waals surface area (Å²) in [6, 6.07) is 11.9. The van der Waals surface area contributed by atoms with E-state index in [1.165, 1.54) is 0 Å². The van der Waals surface area contributed by atoms with Crippen molar-refractivity contribution in [2.75, 3.05) is 43.1 Å². The molecular formula is C23H23ClN4O4. The van der Waals surface area contributed by atoms with Gasteiger partial charge in [0.1, 0.15) is 12.2 Å². The Kier molecular flexibility index (Phi) is 6.43. The van der Waals surface area contributed by atoms with E-state index in [9.17, 15) is 14.4 Å². The molecule has 4 rings (SSSR count). The van der Waals surface area contributed by atoms with Crippen molar-refractivity contribution < 1.29 is 19.1 Å². The summed E-state index contributed by atoms with van der Waals surface area (Å²) >= 11 is 5.83. The van der Waals surface area contributed by atoms with Crippen molar-refractivity contribution in [1.29, 1.82) is 0 Å². The molecule has 0 saturated carbocycles. The van der Waals surface area contributed by atoms with E-state index in [4.69, 9.17) is 16.3 Å². The summed E-state index contributed by atoms with van der Waals surface area (Å²) < 4.78 is 5.39. The van der Waals surface area contributed by atoms with Crippen LogP contribution in [0.25, 0.3) is 6.08 Å². The van der Waals surface area contributed by atoms with Crippen LogP contribution in [0, 0.1) is 6.92 Å². The van der Waals surface area contributed by atoms with Gasteiger partial charge in [-0.3, -0.25) is 9.59 Å². The van der Waals surface area contributed by atoms with Gasteiger partial charge in [-0.1, -0.05) is 17.7 Å². The largest absolute Gasteiger partial charge is 0.378 e. The first kappa shape index (κ1) is 21.9. The highest BCUT2D eigenvalue weighted by molar-refractivity contribution is 6.30. The van der Waals surface area contributed by atoms with Crippen molar-refractivity contribution in [3.63, 3.8) is 0 Å². The summed E-state index contributed by atoms with van der Waals surface area (Å²) in [7, 11) is 0. The number of imide groups is 1. The number of nitrogens with one attached hydrogen (secondary N) is 2. The first-order valence-electron chi connectivity index (χ1n) is 10.2. The van der Waals surface area contributed by atoms with Crippen LogP contribution in [-0.4, -0.2) is 55.6 Å². The van der Waals surface area contributed by atoms with Crippen LogP contribution in [0.3, 0.4) is 0 Å². The van der Waals surface area contributed by atoms with Gasteiger partial charge in [0.25, 0.3) is 5.91 Å². The van der Waals surface area contributed by atoms with Crippen LogP contribution < -0.4 is 15.5 Å². The predicted molar refractivity (Wildman–Crippen MR) is 123 cm³/mol. The fourth-order valence-electron chi connectivity index (χ4n) is 3.59. The number of benzene rings is 2. The summed E-state index contributed by atoms with van der Waals surface area (Å²) in [6.45, 7) is 4.64. The number of urea groups is 1. The Morgan fingerprint density at radius 1 is 1.16 bits per heavy atom. The zero-order valence-electron chi connectivity index (χ0n) is 17.6. The molecule has 0 aromatic heterocycles. The summed E-state index contributed by atoms with van der Waals surface area (Å²) in [4.78, 5) is 40.5. The Morgan fingerprint density at radius 3 is 2.56 bits per heavy atom. The zero-order valence-corrected chi connectivity index (χ0v) is 18.3. The molecule has 2 heterocycles. The molecule has 0 radical (unpaired) electrons. The average Bonchev–Trinajstić information content (AvgIpc) is 3.04. The number of rotatable bonds is 5. The van der Waals surface area contributed by atoms with Crippen LogP contribution in [-0.2, 0) is 14.3 Å². The Bertz CT molecular complexity index is 1080. The number of carbonyl (C=O) groups is 3. The number of carbonyl (C=O) groups excluding carboxylic acids is 3. The fraction of sp³-hybridized carbons (Fsp3) is 0.261. The predicted octanol–water partition coefficient (Wildman–Crippen LogP) is 3.02. The van der Waals surface area contributed by atoms with E-state index in [0.29, 0.717) is 23.9 Å². The summed E-state index contributed by atoms with van der Waals surface area (Å²) in [6.07, 6.45) is 1.63. The van der Waals surface area contributed by atoms with Gasteiger partial charge >= 0.3 is 6.03 Å². The van der Waals surface area contributed by atoms with Crippen molar-refractivity contribution in [3.8, 4) is 0 Å². The standard InChI is InChI=1S/C23H23ClN4O4/c1-15-12-19(27-8-10-32-11-9-27)7-2-16(15)13-20-22(30)28(23(31)26-20)14-21(29)25-18-5-3-17(24)4-6-18/h2-7,12-13H,8-11,14H2,1H3,(H,25,29)(H,26,31). The second kappa shape index (κ2) is 9.42. The van der Waals surface area contributed by atoms with E-state index in [0.717, 1.165) is 34.8 Å². The van der Waals surface area contributed by atoms with Gasteiger partial charge in [-0.15, -0.1) is 0 Å². The third kappa shape index (κ3) is 4.92. The van der Waals surface area contributed by atoms with Gasteiger partial charge in [0.2, 0.25) is 5.91 Å². The van der Waals surface area contributed by atoms with Gasteiger partial charge in [-0.05, 0) is 60.5 Å². The van der Waals surface area contributed by atoms with Crippen molar-refractivity contribution in [1.82, 2.24) is 10.2 Å². The van der Waals surface area contributed by atoms with Crippen molar-refractivity contribution in [2.45, 2.75) is 6.92 Å². The maximum atomic E-state index is 12.7. The Morgan fingerprint density at radius 2 is 1.88 bits per heavy atom. The second-order valence-corrected chi connectivity index (χ2v) is 8.01. The van der Waals surface area contributed by atoms with Gasteiger partial charge in [-0.25, -0.2) is 9.69 Å². The number of anilines is 2. The SMILES string of the molecule is Cc1cc(N2CCOCC2)ccc1C=C1NC(=O)N(CC(=O)Nc2ccc(Cl)cc2)C1=O. The number of ether oxygens (including phenoxy) is 1. The molecule has 0 spiro atoms. The molecule has 2 aromatic carbocycles. The van der Waals surface area contributed by atoms with E-state index >= 15 is 0 Å². The van der Waals surface area contributed by atoms with Crippen LogP contribution in [0.1, 0.15) is 11.1 Å². The average molecular weight is 455 g/mol. The van der Waals surface area contributed by atoms with Gasteiger partial charge in [0.05, 0.1) is 13.2 Å². The fourth-order valence-corrected chi connectivity index (χ4v) is 3.71. The van der Waals surface area contributed by atoms with Crippen LogP contribution in [0.5, 0.6) is 0 Å². The lowest BCUT2D eigenvalue weighted by Crippen LogP contribution is -2.38. The number of nitrogens with zero attached hydrogens (tertiary/aromatic N) is 2. The molecule has 2 N–H and O–H groups in total. The minimum atomic E-state index is -0.630. The van der Waals surface area contributed by atoms with E-state index in [1.54, 1.807) is 30.3 Å². The molecule has 2 fully saturated rings. The van der Waals surface area contributed by atoms with Crippen molar-refractivity contribution in [2.24, 2.45) is 0 Å². The van der Waals surface area contributed by atoms with Gasteiger partial charge < -0.3 is 20.3 Å². The molecule has 2 aliphatic heterocycles. The van der Waals surface area contributed by atoms with Crippen molar-refractivity contribution in [3.05, 3.63) is 64.3 Å². The molecule has 0 unspecified atom stereocenters. The third-order valence-electron chi connectivity index (χ3n) is 5.32. The van der Waals surface area contributed by atoms with E-state index in [2.05, 4.69) is 21.6 Å². The molecule has 0 atom stereocenters. The Hall–Kier alpha value is -3.36. The molecule has 4 amide bonds. The van der Waals surface area contributed by atoms with Crippen LogP contribution >= 0.6 is 11.6 Å². The number of aryl methyl sites for hydroxylation is 1. The number of hydrogen-bond donors (Lipinski definition) is 2. The smallest absolute Gasteiger partial charge is 0.329 e. The number of amides is 4. The number of halogens is 1. The molecule has 2 aromatic rings. The maximum Gasteiger partial charge on any atom is 0.329 e. The summed E-state index contributed by atoms with van der Waals surface area (Å²) in [5.41, 5.74) is 3.55. The van der Waals surface area contributed by atoms with Crippen molar-refractivity contribution >= 4 is 46.9 Å². The van der Waals surface area contributed by atoms with E-state index < -0.39 is 17.8 Å². The minimum Gasteiger partial charge on any atom is -0.378 e. The van der Waals surface area contributed by atoms with E-state index in [-0.39, 0.29) is 12.2 Å². The maximum absolute atomic E-state index is 12.7.